The molecule has 0 saturated heterocycles. The van der Waals surface area contributed by atoms with Gasteiger partial charge in [0.2, 0.25) is 5.43 Å². The average molecular weight is 521 g/mol. The number of nitrogens with zero attached hydrogens (tertiary/aromatic N) is 2. The molecule has 0 spiro atoms. The number of aryl methyl sites for hydroxylation is 1. The Kier molecular flexibility index (Phi) is 8.21. The summed E-state index contributed by atoms with van der Waals surface area (Å²) < 4.78 is 6.71. The summed E-state index contributed by atoms with van der Waals surface area (Å²) >= 11 is 0. The predicted octanol–water partition coefficient (Wildman–Crippen LogP) is 0.697. The molecule has 2 amide bonds. The molecule has 1 unspecified atom stereocenters. The van der Waals surface area contributed by atoms with Crippen LogP contribution in [-0.2, 0) is 29.7 Å². The normalized spacial score (nSPS) is 13.2. The number of hydrogen-bond donors (Lipinski definition) is 5. The van der Waals surface area contributed by atoms with Crippen molar-refractivity contribution in [1.82, 2.24) is 25.8 Å². The van der Waals surface area contributed by atoms with Crippen LogP contribution in [0.25, 0.3) is 10.9 Å². The number of amides is 2. The quantitative estimate of drug-likeness (QED) is 0.275. The van der Waals surface area contributed by atoms with Gasteiger partial charge in [0, 0.05) is 38.3 Å². The molecule has 1 aliphatic heterocycles. The van der Waals surface area contributed by atoms with Crippen LogP contribution < -0.4 is 26.7 Å². The number of guanidine groups is 1. The number of aliphatic imine (C=N–C) groups is 1. The molecule has 0 saturated carbocycles. The van der Waals surface area contributed by atoms with Crippen molar-refractivity contribution in [2.45, 2.75) is 19.2 Å². The minimum absolute atomic E-state index is 0.0398. The van der Waals surface area contributed by atoms with Gasteiger partial charge >= 0.3 is 12.1 Å². The van der Waals surface area contributed by atoms with E-state index in [0.717, 1.165) is 30.2 Å². The molecule has 0 radical (unpaired) electrons. The predicted molar refractivity (Wildman–Crippen MR) is 140 cm³/mol. The minimum atomic E-state index is -1.46. The number of carbonyl (C=O) groups is 3. The number of hydrogen-bond acceptors (Lipinski definition) is 8. The number of ether oxygens (including phenoxy) is 1. The summed E-state index contributed by atoms with van der Waals surface area (Å²) in [5, 5.41) is 20.8. The first-order valence-corrected chi connectivity index (χ1v) is 11.9. The molecule has 0 bridgehead atoms. The van der Waals surface area contributed by atoms with Crippen LogP contribution in [0.2, 0.25) is 0 Å². The van der Waals surface area contributed by atoms with Crippen LogP contribution in [0.4, 0.5) is 4.79 Å². The highest BCUT2D eigenvalue weighted by Gasteiger charge is 2.23. The van der Waals surface area contributed by atoms with Crippen molar-refractivity contribution in [3.8, 4) is 0 Å². The lowest BCUT2D eigenvalue weighted by atomic mass is 10.1. The first-order chi connectivity index (χ1) is 18.3. The molecule has 38 heavy (non-hydrogen) atoms. The number of carboxylic acid groups (broad SMARTS) is 1. The van der Waals surface area contributed by atoms with Gasteiger partial charge < -0.3 is 35.7 Å². The minimum Gasteiger partial charge on any atom is -0.480 e. The van der Waals surface area contributed by atoms with E-state index >= 15 is 0 Å². The van der Waals surface area contributed by atoms with E-state index in [9.17, 15) is 24.3 Å². The molecule has 2 heterocycles. The van der Waals surface area contributed by atoms with Gasteiger partial charge in [-0.05, 0) is 23.3 Å². The molecule has 1 aliphatic rings. The fourth-order valence-corrected chi connectivity index (χ4v) is 3.90. The number of aromatic nitrogens is 1. The Morgan fingerprint density at radius 1 is 1.16 bits per heavy atom. The van der Waals surface area contributed by atoms with Crippen molar-refractivity contribution in [3.05, 3.63) is 81.6 Å². The van der Waals surface area contributed by atoms with E-state index in [1.807, 2.05) is 12.1 Å². The Morgan fingerprint density at radius 2 is 1.95 bits per heavy atom. The highest BCUT2D eigenvalue weighted by atomic mass is 16.5. The summed E-state index contributed by atoms with van der Waals surface area (Å²) in [6.07, 6.45) is 0.454. The summed E-state index contributed by atoms with van der Waals surface area (Å²) in [6, 6.07) is 12.7. The van der Waals surface area contributed by atoms with Crippen LogP contribution in [-0.4, -0.2) is 59.3 Å². The Hall–Kier alpha value is -4.87. The highest BCUT2D eigenvalue weighted by Crippen LogP contribution is 2.14. The average Bonchev–Trinajstić information content (AvgIpc) is 3.44. The Morgan fingerprint density at radius 3 is 2.66 bits per heavy atom. The van der Waals surface area contributed by atoms with Crippen molar-refractivity contribution in [1.29, 1.82) is 0 Å². The maximum absolute atomic E-state index is 13.1. The highest BCUT2D eigenvalue weighted by molar-refractivity contribution is 5.97. The standard InChI is InChI=1S/C26H28N6O6/c1-32-14-19(22(33)18-8-7-17(11-21(18)32)12-30-25-27-9-10-28-25)23(34)29-13-20(24(35)36)31-26(37)38-15-16-5-3-2-4-6-16/h2-8,11,14,20H,9-10,12-13,15H2,1H3,(H,29,34)(H,31,37)(H,35,36)(H2,27,28,30). The lowest BCUT2D eigenvalue weighted by Gasteiger charge is -2.16. The van der Waals surface area contributed by atoms with Gasteiger partial charge in [0.25, 0.3) is 5.91 Å². The molecular weight excluding hydrogens is 492 g/mol. The summed E-state index contributed by atoms with van der Waals surface area (Å²) in [5.74, 6) is -1.40. The number of alkyl carbamates (subject to hydrolysis) is 1. The van der Waals surface area contributed by atoms with Crippen LogP contribution in [0.5, 0.6) is 0 Å². The summed E-state index contributed by atoms with van der Waals surface area (Å²) in [4.78, 5) is 53.8. The first kappa shape index (κ1) is 26.2. The van der Waals surface area contributed by atoms with Gasteiger partial charge in [0.1, 0.15) is 18.2 Å². The summed E-state index contributed by atoms with van der Waals surface area (Å²) in [6.45, 7) is 1.54. The lowest BCUT2D eigenvalue weighted by molar-refractivity contribution is -0.139. The second-order valence-corrected chi connectivity index (χ2v) is 8.65. The topological polar surface area (TPSA) is 163 Å². The molecule has 12 heteroatoms. The zero-order valence-corrected chi connectivity index (χ0v) is 20.7. The zero-order valence-electron chi connectivity index (χ0n) is 20.7. The third kappa shape index (κ3) is 6.46. The van der Waals surface area contributed by atoms with E-state index < -0.39 is 36.0 Å². The smallest absolute Gasteiger partial charge is 0.408 e. The van der Waals surface area contributed by atoms with Crippen molar-refractivity contribution in [3.63, 3.8) is 0 Å². The summed E-state index contributed by atoms with van der Waals surface area (Å²) in [5.41, 5.74) is 1.66. The molecule has 0 aliphatic carbocycles. The number of pyridine rings is 1. The van der Waals surface area contributed by atoms with Gasteiger partial charge in [-0.3, -0.25) is 14.6 Å². The number of aliphatic carboxylic acids is 1. The van der Waals surface area contributed by atoms with Gasteiger partial charge in [-0.2, -0.15) is 0 Å². The number of fused-ring (bicyclic) bond motifs is 1. The number of carbonyl (C=O) groups excluding carboxylic acids is 2. The summed E-state index contributed by atoms with van der Waals surface area (Å²) in [7, 11) is 1.71. The van der Waals surface area contributed by atoms with Crippen molar-refractivity contribution >= 4 is 34.8 Å². The Labute approximate surface area is 217 Å². The van der Waals surface area contributed by atoms with E-state index in [1.54, 1.807) is 48.0 Å². The van der Waals surface area contributed by atoms with E-state index in [2.05, 4.69) is 26.3 Å². The molecule has 12 nitrogen and oxygen atoms in total. The van der Waals surface area contributed by atoms with Crippen LogP contribution in [0.15, 0.2) is 64.5 Å². The van der Waals surface area contributed by atoms with Gasteiger partial charge in [0.15, 0.2) is 5.96 Å². The molecule has 5 N–H and O–H groups in total. The molecule has 1 atom stereocenters. The fourth-order valence-electron chi connectivity index (χ4n) is 3.90. The van der Waals surface area contributed by atoms with Crippen LogP contribution in [0, 0.1) is 0 Å². The van der Waals surface area contributed by atoms with E-state index in [4.69, 9.17) is 4.74 Å². The van der Waals surface area contributed by atoms with Crippen molar-refractivity contribution < 1.29 is 24.2 Å². The van der Waals surface area contributed by atoms with Gasteiger partial charge in [-0.25, -0.2) is 9.59 Å². The van der Waals surface area contributed by atoms with Crippen LogP contribution in [0.3, 0.4) is 0 Å². The molecule has 1 aromatic heterocycles. The maximum Gasteiger partial charge on any atom is 0.408 e. The lowest BCUT2D eigenvalue weighted by Crippen LogP contribution is -2.49. The van der Waals surface area contributed by atoms with E-state index in [1.165, 1.54) is 6.20 Å². The SMILES string of the molecule is Cn1cc(C(=O)NCC(NC(=O)OCc2ccccc2)C(=O)O)c(=O)c2ccc(CNC3=NCCN3)cc21. The fraction of sp³-hybridized carbons (Fsp3) is 0.269. The molecular formula is C26H28N6O6. The molecule has 2 aromatic carbocycles. The van der Waals surface area contributed by atoms with Gasteiger partial charge in [-0.1, -0.05) is 36.4 Å². The molecule has 4 rings (SSSR count). The molecule has 198 valence electrons. The number of carboxylic acids is 1. The monoisotopic (exact) mass is 520 g/mol. The van der Waals surface area contributed by atoms with Crippen molar-refractivity contribution in [2.24, 2.45) is 12.0 Å². The van der Waals surface area contributed by atoms with E-state index in [-0.39, 0.29) is 12.2 Å². The van der Waals surface area contributed by atoms with Gasteiger partial charge in [-0.15, -0.1) is 0 Å². The number of nitrogens with one attached hydrogen (secondary N) is 4. The number of rotatable bonds is 9. The molecule has 0 fully saturated rings. The maximum atomic E-state index is 13.1. The van der Waals surface area contributed by atoms with Crippen molar-refractivity contribution in [2.75, 3.05) is 19.6 Å². The Balaban J connectivity index is 1.39. The number of benzene rings is 2. The van der Waals surface area contributed by atoms with Gasteiger partial charge in [0.05, 0.1) is 12.1 Å². The molecule has 3 aromatic rings. The third-order valence-electron chi connectivity index (χ3n) is 5.90. The van der Waals surface area contributed by atoms with E-state index in [0.29, 0.717) is 17.4 Å². The van der Waals surface area contributed by atoms with Crippen LogP contribution in [0.1, 0.15) is 21.5 Å². The largest absolute Gasteiger partial charge is 0.480 e. The third-order valence-corrected chi connectivity index (χ3v) is 5.90. The van der Waals surface area contributed by atoms with Crippen LogP contribution >= 0.6 is 0 Å². The second kappa shape index (κ2) is 11.9. The zero-order chi connectivity index (χ0) is 27.1. The first-order valence-electron chi connectivity index (χ1n) is 11.9. The Bertz CT molecular complexity index is 1440. The second-order valence-electron chi connectivity index (χ2n) is 8.65.